The molecule has 2 nitrogen and oxygen atoms in total. The van der Waals surface area contributed by atoms with Crippen molar-refractivity contribution in [2.45, 2.75) is 6.42 Å². The lowest BCUT2D eigenvalue weighted by atomic mass is 10.1. The van der Waals surface area contributed by atoms with Gasteiger partial charge >= 0.3 is 0 Å². The first-order chi connectivity index (χ1) is 4.43. The molecule has 0 spiro atoms. The van der Waals surface area contributed by atoms with E-state index in [1.807, 2.05) is 6.08 Å². The molecule has 0 unspecified atom stereocenters. The van der Waals surface area contributed by atoms with Crippen LogP contribution in [0.2, 0.25) is 0 Å². The van der Waals surface area contributed by atoms with Crippen LogP contribution in [-0.2, 0) is 4.74 Å². The van der Waals surface area contributed by atoms with E-state index < -0.39 is 0 Å². The summed E-state index contributed by atoms with van der Waals surface area (Å²) in [6.07, 6.45) is 6.24. The van der Waals surface area contributed by atoms with Crippen molar-refractivity contribution in [3.05, 3.63) is 24.0 Å². The number of hydrogen-bond acceptors (Lipinski definition) is 2. The van der Waals surface area contributed by atoms with Gasteiger partial charge in [0.1, 0.15) is 0 Å². The Morgan fingerprint density at radius 2 is 2.67 bits per heavy atom. The fourth-order valence-electron chi connectivity index (χ4n) is 0.751. The Morgan fingerprint density at radius 3 is 3.22 bits per heavy atom. The second kappa shape index (κ2) is 3.30. The summed E-state index contributed by atoms with van der Waals surface area (Å²) in [4.78, 5) is 0. The molecular formula is C7H10O2. The van der Waals surface area contributed by atoms with Crippen molar-refractivity contribution >= 4 is 0 Å². The molecule has 0 bridgehead atoms. The summed E-state index contributed by atoms with van der Waals surface area (Å²) in [6, 6.07) is 0. The molecule has 0 aromatic heterocycles. The normalized spacial score (nSPS) is 22.1. The number of aliphatic hydroxyl groups excluding tert-OH is 1. The molecule has 0 atom stereocenters. The van der Waals surface area contributed by atoms with Gasteiger partial charge in [-0.15, -0.1) is 0 Å². The van der Waals surface area contributed by atoms with E-state index in [9.17, 15) is 0 Å². The zero-order valence-corrected chi connectivity index (χ0v) is 5.21. The topological polar surface area (TPSA) is 29.5 Å². The van der Waals surface area contributed by atoms with E-state index in [1.165, 1.54) is 0 Å². The third-order valence-corrected chi connectivity index (χ3v) is 1.24. The second-order valence-corrected chi connectivity index (χ2v) is 1.89. The lowest BCUT2D eigenvalue weighted by Crippen LogP contribution is -1.96. The summed E-state index contributed by atoms with van der Waals surface area (Å²) in [7, 11) is 0. The molecule has 0 aliphatic carbocycles. The van der Waals surface area contributed by atoms with Gasteiger partial charge < -0.3 is 9.84 Å². The fraction of sp³-hybridized carbons (Fsp3) is 0.429. The highest BCUT2D eigenvalue weighted by molar-refractivity contribution is 5.18. The van der Waals surface area contributed by atoms with Crippen LogP contribution < -0.4 is 0 Å². The Morgan fingerprint density at radius 1 is 1.78 bits per heavy atom. The monoisotopic (exact) mass is 126 g/mol. The van der Waals surface area contributed by atoms with Gasteiger partial charge in [-0.2, -0.15) is 0 Å². The molecule has 0 saturated heterocycles. The van der Waals surface area contributed by atoms with Crippen molar-refractivity contribution in [1.82, 2.24) is 0 Å². The van der Waals surface area contributed by atoms with Gasteiger partial charge in [0.15, 0.2) is 0 Å². The Kier molecular flexibility index (Phi) is 2.33. The van der Waals surface area contributed by atoms with E-state index in [2.05, 4.69) is 0 Å². The Bertz CT molecular complexity index is 136. The van der Waals surface area contributed by atoms with E-state index in [4.69, 9.17) is 9.84 Å². The number of hydrogen-bond donors (Lipinski definition) is 1. The van der Waals surface area contributed by atoms with Gasteiger partial charge in [-0.05, 0) is 11.6 Å². The smallest absolute Gasteiger partial charge is 0.0913 e. The molecule has 0 radical (unpaired) electrons. The van der Waals surface area contributed by atoms with Gasteiger partial charge in [0.25, 0.3) is 0 Å². The molecule has 9 heavy (non-hydrogen) atoms. The minimum Gasteiger partial charge on any atom is -0.501 e. The van der Waals surface area contributed by atoms with E-state index >= 15 is 0 Å². The van der Waals surface area contributed by atoms with Crippen LogP contribution in [0.3, 0.4) is 0 Å². The van der Waals surface area contributed by atoms with Gasteiger partial charge in [-0.1, -0.05) is 6.08 Å². The Labute approximate surface area is 54.5 Å². The Hall–Kier alpha value is -0.760. The molecule has 0 aromatic rings. The first-order valence-electron chi connectivity index (χ1n) is 3.01. The van der Waals surface area contributed by atoms with E-state index in [0.29, 0.717) is 0 Å². The summed E-state index contributed by atoms with van der Waals surface area (Å²) in [6.45, 7) is 0.863. The van der Waals surface area contributed by atoms with Gasteiger partial charge in [-0.25, -0.2) is 0 Å². The average Bonchev–Trinajstić information content (AvgIpc) is 1.91. The van der Waals surface area contributed by atoms with E-state index in [1.54, 1.807) is 12.3 Å². The van der Waals surface area contributed by atoms with Crippen molar-refractivity contribution in [1.29, 1.82) is 0 Å². The van der Waals surface area contributed by atoms with Gasteiger partial charge in [0.2, 0.25) is 0 Å². The lowest BCUT2D eigenvalue weighted by Gasteiger charge is -2.07. The number of rotatable bonds is 1. The minimum atomic E-state index is 0.125. The minimum absolute atomic E-state index is 0.125. The summed E-state index contributed by atoms with van der Waals surface area (Å²) in [5.41, 5.74) is 1.16. The van der Waals surface area contributed by atoms with Crippen molar-refractivity contribution in [3.63, 3.8) is 0 Å². The molecule has 0 saturated carbocycles. The second-order valence-electron chi connectivity index (χ2n) is 1.89. The van der Waals surface area contributed by atoms with Gasteiger partial charge in [0, 0.05) is 6.42 Å². The molecule has 1 N–H and O–H groups in total. The first-order valence-corrected chi connectivity index (χ1v) is 3.01. The van der Waals surface area contributed by atoms with Crippen LogP contribution >= 0.6 is 0 Å². The highest BCUT2D eigenvalue weighted by Gasteiger charge is 1.96. The first kappa shape index (κ1) is 6.36. The molecular weight excluding hydrogens is 116 g/mol. The van der Waals surface area contributed by atoms with Crippen LogP contribution in [0.15, 0.2) is 24.0 Å². The molecule has 0 aromatic carbocycles. The SMILES string of the molecule is OCC=C1C=COCC1. The van der Waals surface area contributed by atoms with Gasteiger partial charge in [0.05, 0.1) is 19.5 Å². The summed E-state index contributed by atoms with van der Waals surface area (Å²) in [5.74, 6) is 0. The van der Waals surface area contributed by atoms with Crippen molar-refractivity contribution in [2.24, 2.45) is 0 Å². The summed E-state index contributed by atoms with van der Waals surface area (Å²) >= 11 is 0. The number of ether oxygens (including phenoxy) is 1. The fourth-order valence-corrected chi connectivity index (χ4v) is 0.751. The molecule has 1 heterocycles. The predicted molar refractivity (Wildman–Crippen MR) is 34.9 cm³/mol. The standard InChI is InChI=1S/C7H10O2/c8-4-1-7-2-5-9-6-3-7/h1-2,5,8H,3-4,6H2. The highest BCUT2D eigenvalue weighted by Crippen LogP contribution is 2.08. The van der Waals surface area contributed by atoms with Crippen LogP contribution in [0.5, 0.6) is 0 Å². The van der Waals surface area contributed by atoms with Gasteiger partial charge in [-0.3, -0.25) is 0 Å². The zero-order chi connectivity index (χ0) is 6.53. The highest BCUT2D eigenvalue weighted by atomic mass is 16.5. The van der Waals surface area contributed by atoms with Crippen molar-refractivity contribution in [3.8, 4) is 0 Å². The van der Waals surface area contributed by atoms with E-state index in [0.717, 1.165) is 18.6 Å². The average molecular weight is 126 g/mol. The van der Waals surface area contributed by atoms with Crippen molar-refractivity contribution in [2.75, 3.05) is 13.2 Å². The number of aliphatic hydroxyl groups is 1. The molecule has 0 amide bonds. The molecule has 1 aliphatic heterocycles. The van der Waals surface area contributed by atoms with Crippen LogP contribution in [0.1, 0.15) is 6.42 Å². The number of allylic oxidation sites excluding steroid dienone is 1. The predicted octanol–water partition coefficient (Wildman–Crippen LogP) is 0.839. The third kappa shape index (κ3) is 1.90. The maximum Gasteiger partial charge on any atom is 0.0913 e. The van der Waals surface area contributed by atoms with Crippen LogP contribution in [0.25, 0.3) is 0 Å². The molecule has 50 valence electrons. The quantitative estimate of drug-likeness (QED) is 0.564. The van der Waals surface area contributed by atoms with Crippen LogP contribution in [-0.4, -0.2) is 18.3 Å². The largest absolute Gasteiger partial charge is 0.501 e. The summed E-state index contributed by atoms with van der Waals surface area (Å²) in [5, 5.41) is 8.47. The lowest BCUT2D eigenvalue weighted by molar-refractivity contribution is 0.244. The Balaban J connectivity index is 2.49. The third-order valence-electron chi connectivity index (χ3n) is 1.24. The zero-order valence-electron chi connectivity index (χ0n) is 5.21. The maximum absolute atomic E-state index is 8.47. The molecule has 2 heteroatoms. The van der Waals surface area contributed by atoms with E-state index in [-0.39, 0.29) is 6.61 Å². The maximum atomic E-state index is 8.47. The molecule has 0 fully saturated rings. The molecule has 1 rings (SSSR count). The van der Waals surface area contributed by atoms with Crippen LogP contribution in [0, 0.1) is 0 Å². The summed E-state index contributed by atoms with van der Waals surface area (Å²) < 4.78 is 4.94. The van der Waals surface area contributed by atoms with Crippen molar-refractivity contribution < 1.29 is 9.84 Å². The molecule has 1 aliphatic rings. The van der Waals surface area contributed by atoms with Crippen LogP contribution in [0.4, 0.5) is 0 Å².